The van der Waals surface area contributed by atoms with Gasteiger partial charge < -0.3 is 20.6 Å². The highest BCUT2D eigenvalue weighted by Gasteiger charge is 2.40. The van der Waals surface area contributed by atoms with Crippen molar-refractivity contribution in [3.05, 3.63) is 65.4 Å². The van der Waals surface area contributed by atoms with Gasteiger partial charge in [0.05, 0.1) is 24.0 Å². The molecule has 0 bridgehead atoms. The molecule has 0 spiro atoms. The highest BCUT2D eigenvalue weighted by atomic mass is 16.3. The first-order valence-electron chi connectivity index (χ1n) is 11.7. The van der Waals surface area contributed by atoms with Crippen LogP contribution in [0.5, 0.6) is 5.75 Å². The molecule has 2 aliphatic rings. The Labute approximate surface area is 195 Å². The number of phenols is 1. The molecular formula is C27H33N3O3. The molecule has 0 saturated heterocycles. The summed E-state index contributed by atoms with van der Waals surface area (Å²) in [6.07, 6.45) is 2.75. The maximum Gasteiger partial charge on any atom is 0.239 e. The number of hydrogen-bond acceptors (Lipinski definition) is 5. The second kappa shape index (κ2) is 9.30. The van der Waals surface area contributed by atoms with Gasteiger partial charge in [0.2, 0.25) is 5.91 Å². The molecule has 6 heteroatoms. The summed E-state index contributed by atoms with van der Waals surface area (Å²) < 4.78 is 0. The fourth-order valence-corrected chi connectivity index (χ4v) is 4.99. The number of carbonyl (C=O) groups excluding carboxylic acids is 2. The van der Waals surface area contributed by atoms with Gasteiger partial charge in [-0.15, -0.1) is 0 Å². The van der Waals surface area contributed by atoms with Crippen LogP contribution in [0.15, 0.2) is 59.8 Å². The Hall–Kier alpha value is -3.28. The zero-order valence-electron chi connectivity index (χ0n) is 19.6. The summed E-state index contributed by atoms with van der Waals surface area (Å²) in [6, 6.07) is 14.8. The molecule has 4 rings (SSSR count). The number of benzene rings is 2. The Morgan fingerprint density at radius 2 is 1.88 bits per heavy atom. The SMILES string of the molecule is CCC1C2=C(CC(C)(C)CC2=O)Nc2ccccc2N1CC(=O)NCCc1ccc(O)cc1. The molecule has 0 fully saturated rings. The van der Waals surface area contributed by atoms with Crippen molar-refractivity contribution in [3.63, 3.8) is 0 Å². The first-order chi connectivity index (χ1) is 15.8. The number of nitrogens with zero attached hydrogens (tertiary/aromatic N) is 1. The Morgan fingerprint density at radius 1 is 1.15 bits per heavy atom. The number of rotatable bonds is 6. The first kappa shape index (κ1) is 22.9. The minimum absolute atomic E-state index is 0.0744. The van der Waals surface area contributed by atoms with Crippen molar-refractivity contribution in [2.75, 3.05) is 23.3 Å². The predicted molar refractivity (Wildman–Crippen MR) is 131 cm³/mol. The van der Waals surface area contributed by atoms with Gasteiger partial charge in [-0.3, -0.25) is 9.59 Å². The van der Waals surface area contributed by atoms with Gasteiger partial charge in [-0.2, -0.15) is 0 Å². The first-order valence-corrected chi connectivity index (χ1v) is 11.7. The third-order valence-corrected chi connectivity index (χ3v) is 6.50. The van der Waals surface area contributed by atoms with Gasteiger partial charge in [-0.25, -0.2) is 0 Å². The molecule has 2 aromatic rings. The van der Waals surface area contributed by atoms with E-state index >= 15 is 0 Å². The van der Waals surface area contributed by atoms with Crippen molar-refractivity contribution in [3.8, 4) is 5.75 Å². The van der Waals surface area contributed by atoms with Crippen LogP contribution in [0.4, 0.5) is 11.4 Å². The van der Waals surface area contributed by atoms with Gasteiger partial charge in [0.15, 0.2) is 5.78 Å². The van der Waals surface area contributed by atoms with Crippen LogP contribution in [0.3, 0.4) is 0 Å². The zero-order valence-corrected chi connectivity index (χ0v) is 19.6. The van der Waals surface area contributed by atoms with Crippen molar-refractivity contribution in [1.29, 1.82) is 0 Å². The van der Waals surface area contributed by atoms with Gasteiger partial charge in [-0.1, -0.05) is 45.0 Å². The van der Waals surface area contributed by atoms with Crippen molar-refractivity contribution >= 4 is 23.1 Å². The highest BCUT2D eigenvalue weighted by Crippen LogP contribution is 2.44. The van der Waals surface area contributed by atoms with Crippen LogP contribution in [-0.2, 0) is 16.0 Å². The maximum atomic E-state index is 13.3. The van der Waals surface area contributed by atoms with Crippen LogP contribution in [0.2, 0.25) is 0 Å². The minimum Gasteiger partial charge on any atom is -0.508 e. The Kier molecular flexibility index (Phi) is 6.45. The minimum atomic E-state index is -0.150. The number of aromatic hydroxyl groups is 1. The lowest BCUT2D eigenvalue weighted by atomic mass is 9.74. The third-order valence-electron chi connectivity index (χ3n) is 6.50. The summed E-state index contributed by atoms with van der Waals surface area (Å²) >= 11 is 0. The molecule has 1 atom stereocenters. The molecule has 6 nitrogen and oxygen atoms in total. The number of fused-ring (bicyclic) bond motifs is 1. The Morgan fingerprint density at radius 3 is 2.61 bits per heavy atom. The lowest BCUT2D eigenvalue weighted by Crippen LogP contribution is -2.46. The largest absolute Gasteiger partial charge is 0.508 e. The molecule has 0 radical (unpaired) electrons. The number of hydrogen-bond donors (Lipinski definition) is 3. The fraction of sp³-hybridized carbons (Fsp3) is 0.407. The summed E-state index contributed by atoms with van der Waals surface area (Å²) in [5.74, 6) is 0.331. The summed E-state index contributed by atoms with van der Waals surface area (Å²) in [5, 5.41) is 16.0. The van der Waals surface area contributed by atoms with E-state index in [1.54, 1.807) is 12.1 Å². The van der Waals surface area contributed by atoms with E-state index in [4.69, 9.17) is 0 Å². The number of nitrogens with one attached hydrogen (secondary N) is 2. The van der Waals surface area contributed by atoms with E-state index in [2.05, 4.69) is 36.3 Å². The van der Waals surface area contributed by atoms with Gasteiger partial charge in [-0.05, 0) is 54.5 Å². The van der Waals surface area contributed by atoms with Crippen molar-refractivity contribution in [2.45, 2.75) is 52.5 Å². The average Bonchev–Trinajstić information content (AvgIpc) is 2.88. The van der Waals surface area contributed by atoms with E-state index in [9.17, 15) is 14.7 Å². The predicted octanol–water partition coefficient (Wildman–Crippen LogP) is 4.40. The second-order valence-electron chi connectivity index (χ2n) is 9.79. The number of allylic oxidation sites excluding steroid dienone is 1. The number of para-hydroxylation sites is 2. The average molecular weight is 448 g/mol. The number of phenolic OH excluding ortho intramolecular Hbond substituents is 1. The normalized spacial score (nSPS) is 19.3. The summed E-state index contributed by atoms with van der Waals surface area (Å²) in [5.41, 5.74) is 4.66. The maximum absolute atomic E-state index is 13.3. The lowest BCUT2D eigenvalue weighted by molar-refractivity contribution is -0.120. The van der Waals surface area contributed by atoms with Gasteiger partial charge in [0.1, 0.15) is 5.75 Å². The number of ketones is 1. The van der Waals surface area contributed by atoms with E-state index in [0.29, 0.717) is 19.4 Å². The Balaban J connectivity index is 1.55. The molecule has 33 heavy (non-hydrogen) atoms. The quantitative estimate of drug-likeness (QED) is 0.611. The van der Waals surface area contributed by atoms with Crippen molar-refractivity contribution in [1.82, 2.24) is 5.32 Å². The van der Waals surface area contributed by atoms with Crippen LogP contribution >= 0.6 is 0 Å². The molecule has 2 aromatic carbocycles. The topological polar surface area (TPSA) is 81.7 Å². The molecule has 1 unspecified atom stereocenters. The molecule has 1 aliphatic carbocycles. The molecule has 3 N–H and O–H groups in total. The molecule has 1 aliphatic heterocycles. The van der Waals surface area contributed by atoms with Crippen LogP contribution in [0.1, 0.15) is 45.6 Å². The molecular weight excluding hydrogens is 414 g/mol. The molecule has 0 saturated carbocycles. The van der Waals surface area contributed by atoms with Crippen LogP contribution < -0.4 is 15.5 Å². The van der Waals surface area contributed by atoms with E-state index in [1.165, 1.54) is 0 Å². The standard InChI is InChI=1S/C27H33N3O3/c1-4-22-26-21(15-27(2,3)16-24(26)32)29-20-7-5-6-8-23(20)30(22)17-25(33)28-14-13-18-9-11-19(31)12-10-18/h5-12,22,29,31H,4,13-17H2,1-3H3,(H,28,33). The molecule has 0 aromatic heterocycles. The van der Waals surface area contributed by atoms with Gasteiger partial charge >= 0.3 is 0 Å². The van der Waals surface area contributed by atoms with E-state index in [1.807, 2.05) is 36.4 Å². The van der Waals surface area contributed by atoms with Gasteiger partial charge in [0, 0.05) is 24.2 Å². The smallest absolute Gasteiger partial charge is 0.239 e. The molecule has 1 amide bonds. The van der Waals surface area contributed by atoms with Crippen LogP contribution in [0, 0.1) is 5.41 Å². The van der Waals surface area contributed by atoms with Crippen LogP contribution in [-0.4, -0.2) is 35.9 Å². The van der Waals surface area contributed by atoms with E-state index in [-0.39, 0.29) is 35.4 Å². The summed E-state index contributed by atoms with van der Waals surface area (Å²) in [4.78, 5) is 28.3. The molecule has 1 heterocycles. The third kappa shape index (κ3) is 5.05. The number of carbonyl (C=O) groups is 2. The Bertz CT molecular complexity index is 1070. The number of Topliss-reactive ketones (excluding diaryl/α,β-unsaturated/α-hetero) is 1. The summed E-state index contributed by atoms with van der Waals surface area (Å²) in [6.45, 7) is 7.03. The fourth-order valence-electron chi connectivity index (χ4n) is 4.99. The van der Waals surface area contributed by atoms with Crippen molar-refractivity contribution in [2.24, 2.45) is 5.41 Å². The summed E-state index contributed by atoms with van der Waals surface area (Å²) in [7, 11) is 0. The van der Waals surface area contributed by atoms with Gasteiger partial charge in [0.25, 0.3) is 0 Å². The second-order valence-corrected chi connectivity index (χ2v) is 9.79. The zero-order chi connectivity index (χ0) is 23.6. The van der Waals surface area contributed by atoms with Crippen molar-refractivity contribution < 1.29 is 14.7 Å². The number of amides is 1. The van der Waals surface area contributed by atoms with E-state index in [0.717, 1.165) is 41.1 Å². The number of anilines is 2. The lowest BCUT2D eigenvalue weighted by Gasteiger charge is -2.37. The van der Waals surface area contributed by atoms with E-state index < -0.39 is 0 Å². The highest BCUT2D eigenvalue weighted by molar-refractivity contribution is 6.01. The molecule has 174 valence electrons. The van der Waals surface area contributed by atoms with Crippen LogP contribution in [0.25, 0.3) is 0 Å². The monoisotopic (exact) mass is 447 g/mol.